The molecule has 1 aromatic carbocycles. The second kappa shape index (κ2) is 9.03. The number of carbonyl (C=O) groups is 2. The lowest BCUT2D eigenvalue weighted by Crippen LogP contribution is -2.23. The largest absolute Gasteiger partial charge is 0.455 e. The predicted molar refractivity (Wildman–Crippen MR) is 123 cm³/mol. The summed E-state index contributed by atoms with van der Waals surface area (Å²) >= 11 is 1.51. The number of hydrogen-bond acceptors (Lipinski definition) is 7. The third kappa shape index (κ3) is 4.88. The van der Waals surface area contributed by atoms with E-state index in [1.165, 1.54) is 11.3 Å². The number of aryl methyl sites for hydroxylation is 1. The molecule has 0 bridgehead atoms. The van der Waals surface area contributed by atoms with Gasteiger partial charge in [-0.05, 0) is 43.3 Å². The number of carbonyl (C=O) groups excluding carboxylic acids is 2. The van der Waals surface area contributed by atoms with Crippen molar-refractivity contribution in [1.29, 1.82) is 0 Å². The number of nitrogens with one attached hydrogen (secondary N) is 1. The van der Waals surface area contributed by atoms with Crippen molar-refractivity contribution >= 4 is 29.0 Å². The molecule has 0 atom stereocenters. The number of para-hydroxylation sites is 1. The van der Waals surface area contributed by atoms with E-state index in [1.54, 1.807) is 11.6 Å². The number of thiophene rings is 1. The van der Waals surface area contributed by atoms with Crippen molar-refractivity contribution in [2.24, 2.45) is 0 Å². The van der Waals surface area contributed by atoms with E-state index < -0.39 is 18.5 Å². The molecule has 0 saturated heterocycles. The normalized spacial score (nSPS) is 13.1. The van der Waals surface area contributed by atoms with Crippen LogP contribution in [-0.4, -0.2) is 33.2 Å². The van der Waals surface area contributed by atoms with Crippen LogP contribution in [0.3, 0.4) is 0 Å². The molecule has 1 saturated carbocycles. The van der Waals surface area contributed by atoms with Crippen molar-refractivity contribution in [3.05, 3.63) is 71.1 Å². The molecule has 4 aromatic rings. The first kappa shape index (κ1) is 21.1. The minimum atomic E-state index is -0.547. The number of nitrogens with zero attached hydrogens (tertiary/aromatic N) is 3. The first-order chi connectivity index (χ1) is 16.1. The van der Waals surface area contributed by atoms with E-state index in [9.17, 15) is 9.59 Å². The van der Waals surface area contributed by atoms with Gasteiger partial charge in [-0.1, -0.05) is 24.3 Å². The highest BCUT2D eigenvalue weighted by molar-refractivity contribution is 7.13. The summed E-state index contributed by atoms with van der Waals surface area (Å²) in [7, 11) is 0. The van der Waals surface area contributed by atoms with Crippen LogP contribution in [0.25, 0.3) is 16.5 Å². The highest BCUT2D eigenvalue weighted by atomic mass is 32.1. The Morgan fingerprint density at radius 1 is 1.21 bits per heavy atom. The van der Waals surface area contributed by atoms with Gasteiger partial charge >= 0.3 is 5.97 Å². The van der Waals surface area contributed by atoms with Gasteiger partial charge in [-0.25, -0.2) is 9.67 Å². The second-order valence-electron chi connectivity index (χ2n) is 7.86. The van der Waals surface area contributed by atoms with Crippen LogP contribution in [0.15, 0.2) is 58.3 Å². The SMILES string of the molecule is Cc1oc(-c2cccs2)nc1CC(=O)OCC(=O)Nc1cc(C2CC2)nn1-c1ccccc1. The minimum absolute atomic E-state index is 0.0677. The van der Waals surface area contributed by atoms with E-state index in [2.05, 4.69) is 15.4 Å². The predicted octanol–water partition coefficient (Wildman–Crippen LogP) is 4.50. The zero-order chi connectivity index (χ0) is 22.8. The third-order valence-corrected chi connectivity index (χ3v) is 6.15. The van der Waals surface area contributed by atoms with Gasteiger partial charge in [0.2, 0.25) is 5.89 Å². The summed E-state index contributed by atoms with van der Waals surface area (Å²) in [4.78, 5) is 30.1. The van der Waals surface area contributed by atoms with Crippen LogP contribution in [0.1, 0.15) is 35.9 Å². The molecule has 1 amide bonds. The number of esters is 1. The van der Waals surface area contributed by atoms with Crippen molar-refractivity contribution in [3.63, 3.8) is 0 Å². The van der Waals surface area contributed by atoms with Crippen LogP contribution < -0.4 is 5.32 Å². The quantitative estimate of drug-likeness (QED) is 0.387. The standard InChI is InChI=1S/C24H22N4O4S/c1-15-18(25-24(32-15)20-8-5-11-33-20)13-23(30)31-14-22(29)26-21-12-19(16-9-10-16)27-28(21)17-6-3-2-4-7-17/h2-8,11-12,16H,9-10,13-14H2,1H3,(H,26,29). The van der Waals surface area contributed by atoms with E-state index in [1.807, 2.05) is 53.9 Å². The highest BCUT2D eigenvalue weighted by Crippen LogP contribution is 2.40. The molecule has 1 aliphatic carbocycles. The Kier molecular flexibility index (Phi) is 5.78. The molecule has 0 radical (unpaired) electrons. The number of benzene rings is 1. The fraction of sp³-hybridized carbons (Fsp3) is 0.250. The molecule has 0 aliphatic heterocycles. The zero-order valence-electron chi connectivity index (χ0n) is 18.0. The molecule has 8 nitrogen and oxygen atoms in total. The first-order valence-corrected chi connectivity index (χ1v) is 11.6. The number of amides is 1. The molecule has 1 fully saturated rings. The van der Waals surface area contributed by atoms with E-state index >= 15 is 0 Å². The Bertz CT molecular complexity index is 1270. The Morgan fingerprint density at radius 2 is 2.03 bits per heavy atom. The summed E-state index contributed by atoms with van der Waals surface area (Å²) in [6.45, 7) is 1.36. The highest BCUT2D eigenvalue weighted by Gasteiger charge is 2.28. The molecular weight excluding hydrogens is 440 g/mol. The molecule has 3 aromatic heterocycles. The summed E-state index contributed by atoms with van der Waals surface area (Å²) in [6.07, 6.45) is 2.14. The smallest absolute Gasteiger partial charge is 0.312 e. The monoisotopic (exact) mass is 462 g/mol. The molecule has 5 rings (SSSR count). The van der Waals surface area contributed by atoms with Gasteiger partial charge in [-0.15, -0.1) is 11.3 Å². The third-order valence-electron chi connectivity index (χ3n) is 5.29. The Hall–Kier alpha value is -3.72. The van der Waals surface area contributed by atoms with Gasteiger partial charge < -0.3 is 14.5 Å². The van der Waals surface area contributed by atoms with Crippen LogP contribution in [0.4, 0.5) is 5.82 Å². The van der Waals surface area contributed by atoms with E-state index in [4.69, 9.17) is 9.15 Å². The van der Waals surface area contributed by atoms with Crippen LogP contribution in [0, 0.1) is 6.92 Å². The summed E-state index contributed by atoms with van der Waals surface area (Å²) in [5.74, 6) is 1.04. The Balaban J connectivity index is 1.20. The van der Waals surface area contributed by atoms with Gasteiger partial charge in [0.1, 0.15) is 11.6 Å². The molecular formula is C24H22N4O4S. The van der Waals surface area contributed by atoms with Gasteiger partial charge in [-0.2, -0.15) is 5.10 Å². The van der Waals surface area contributed by atoms with Crippen molar-refractivity contribution in [2.45, 2.75) is 32.1 Å². The average Bonchev–Trinajstić information content (AvgIpc) is 3.19. The van der Waals surface area contributed by atoms with Crippen LogP contribution in [0.2, 0.25) is 0 Å². The van der Waals surface area contributed by atoms with Gasteiger partial charge in [0.25, 0.3) is 5.91 Å². The maximum atomic E-state index is 12.5. The van der Waals surface area contributed by atoms with E-state index in [-0.39, 0.29) is 6.42 Å². The van der Waals surface area contributed by atoms with Gasteiger partial charge in [0.05, 0.1) is 28.4 Å². The van der Waals surface area contributed by atoms with Crippen LogP contribution >= 0.6 is 11.3 Å². The second-order valence-corrected chi connectivity index (χ2v) is 8.81. The molecule has 0 unspecified atom stereocenters. The van der Waals surface area contributed by atoms with Crippen LogP contribution in [-0.2, 0) is 20.7 Å². The van der Waals surface area contributed by atoms with Crippen molar-refractivity contribution in [1.82, 2.24) is 14.8 Å². The fourth-order valence-electron chi connectivity index (χ4n) is 3.44. The zero-order valence-corrected chi connectivity index (χ0v) is 18.8. The maximum absolute atomic E-state index is 12.5. The van der Waals surface area contributed by atoms with Gasteiger partial charge in [-0.3, -0.25) is 9.59 Å². The Labute approximate surface area is 194 Å². The lowest BCUT2D eigenvalue weighted by molar-refractivity contribution is -0.146. The van der Waals surface area contributed by atoms with Crippen molar-refractivity contribution < 1.29 is 18.7 Å². The lowest BCUT2D eigenvalue weighted by Gasteiger charge is -2.09. The number of rotatable bonds is 8. The summed E-state index contributed by atoms with van der Waals surface area (Å²) < 4.78 is 12.5. The molecule has 33 heavy (non-hydrogen) atoms. The average molecular weight is 463 g/mol. The summed E-state index contributed by atoms with van der Waals surface area (Å²) in [5.41, 5.74) is 2.30. The van der Waals surface area contributed by atoms with E-state index in [0.29, 0.717) is 29.1 Å². The van der Waals surface area contributed by atoms with E-state index in [0.717, 1.165) is 29.1 Å². The summed E-state index contributed by atoms with van der Waals surface area (Å²) in [6, 6.07) is 15.3. The fourth-order valence-corrected chi connectivity index (χ4v) is 4.09. The number of ether oxygens (including phenoxy) is 1. The Morgan fingerprint density at radius 3 is 2.76 bits per heavy atom. The first-order valence-electron chi connectivity index (χ1n) is 10.7. The molecule has 168 valence electrons. The number of oxazole rings is 1. The molecule has 0 spiro atoms. The molecule has 1 N–H and O–H groups in total. The van der Waals surface area contributed by atoms with Crippen LogP contribution in [0.5, 0.6) is 0 Å². The lowest BCUT2D eigenvalue weighted by atomic mass is 10.3. The minimum Gasteiger partial charge on any atom is -0.455 e. The summed E-state index contributed by atoms with van der Waals surface area (Å²) in [5, 5.41) is 9.40. The van der Waals surface area contributed by atoms with Gasteiger partial charge in [0.15, 0.2) is 6.61 Å². The molecule has 3 heterocycles. The number of aromatic nitrogens is 3. The topological polar surface area (TPSA) is 99.2 Å². The molecule has 1 aliphatic rings. The number of anilines is 1. The number of hydrogen-bond donors (Lipinski definition) is 1. The molecule has 9 heteroatoms. The maximum Gasteiger partial charge on any atom is 0.312 e. The van der Waals surface area contributed by atoms with Crippen molar-refractivity contribution in [2.75, 3.05) is 11.9 Å². The van der Waals surface area contributed by atoms with Gasteiger partial charge in [0, 0.05) is 12.0 Å². The van der Waals surface area contributed by atoms with Crippen molar-refractivity contribution in [3.8, 4) is 16.5 Å².